The summed E-state index contributed by atoms with van der Waals surface area (Å²) in [4.78, 5) is 13.8. The van der Waals surface area contributed by atoms with E-state index in [2.05, 4.69) is 0 Å². The van der Waals surface area contributed by atoms with Crippen LogP contribution in [0.4, 0.5) is 4.39 Å². The maximum atomic E-state index is 13.3. The van der Waals surface area contributed by atoms with E-state index in [1.54, 1.807) is 30.1 Å². The number of ether oxygens (including phenoxy) is 1. The molecule has 0 aliphatic carbocycles. The van der Waals surface area contributed by atoms with Crippen LogP contribution in [0.5, 0.6) is 5.75 Å². The number of likely N-dealkylation sites (N-methyl/N-ethyl adjacent to an activating group) is 1. The van der Waals surface area contributed by atoms with Crippen molar-refractivity contribution in [2.45, 2.75) is 13.0 Å². The summed E-state index contributed by atoms with van der Waals surface area (Å²) < 4.78 is 19.1. The lowest BCUT2D eigenvalue weighted by molar-refractivity contribution is 0.0779. The molecule has 2 aromatic carbocycles. The van der Waals surface area contributed by atoms with Crippen LogP contribution in [0.25, 0.3) is 0 Å². The fourth-order valence-electron chi connectivity index (χ4n) is 2.65. The largest absolute Gasteiger partial charge is 0.489 e. The molecular weight excluding hydrogens is 295 g/mol. The summed E-state index contributed by atoms with van der Waals surface area (Å²) in [7, 11) is 1.78. The van der Waals surface area contributed by atoms with E-state index >= 15 is 0 Å². The van der Waals surface area contributed by atoms with Gasteiger partial charge in [-0.05, 0) is 36.2 Å². The fourth-order valence-corrected chi connectivity index (χ4v) is 2.65. The number of carbonyl (C=O) groups excluding carboxylic acids is 1. The first-order chi connectivity index (χ1) is 11.1. The van der Waals surface area contributed by atoms with Crippen LogP contribution < -0.4 is 4.74 Å². The van der Waals surface area contributed by atoms with E-state index in [-0.39, 0.29) is 18.1 Å². The smallest absolute Gasteiger partial charge is 0.254 e. The van der Waals surface area contributed by atoms with Crippen molar-refractivity contribution in [3.63, 3.8) is 0 Å². The number of rotatable bonds is 3. The molecule has 0 atom stereocenters. The fraction of sp³-hybridized carbons (Fsp3) is 0.222. The maximum absolute atomic E-state index is 13.3. The first-order valence-corrected chi connectivity index (χ1v) is 7.29. The van der Waals surface area contributed by atoms with Crippen LogP contribution in [0.2, 0.25) is 0 Å². The molecule has 2 aromatic rings. The first-order valence-electron chi connectivity index (χ1n) is 7.29. The zero-order valence-corrected chi connectivity index (χ0v) is 12.7. The van der Waals surface area contributed by atoms with E-state index in [1.807, 2.05) is 12.1 Å². The van der Waals surface area contributed by atoms with Crippen molar-refractivity contribution in [1.29, 1.82) is 5.26 Å². The molecule has 0 spiro atoms. The van der Waals surface area contributed by atoms with Gasteiger partial charge in [0.15, 0.2) is 0 Å². The van der Waals surface area contributed by atoms with Gasteiger partial charge in [-0.2, -0.15) is 5.26 Å². The quantitative estimate of drug-likeness (QED) is 0.876. The Morgan fingerprint density at radius 1 is 1.35 bits per heavy atom. The Kier molecular flexibility index (Phi) is 3.98. The van der Waals surface area contributed by atoms with Crippen molar-refractivity contribution in [2.24, 2.45) is 0 Å². The minimum atomic E-state index is -0.540. The summed E-state index contributed by atoms with van der Waals surface area (Å²) in [6.07, 6.45) is 0.737. The molecule has 0 N–H and O–H groups in total. The average molecular weight is 310 g/mol. The summed E-state index contributed by atoms with van der Waals surface area (Å²) in [5.74, 6) is 0.110. The Morgan fingerprint density at radius 2 is 2.17 bits per heavy atom. The van der Waals surface area contributed by atoms with Gasteiger partial charge >= 0.3 is 0 Å². The van der Waals surface area contributed by atoms with Crippen LogP contribution in [0.15, 0.2) is 36.4 Å². The predicted molar refractivity (Wildman–Crippen MR) is 82.6 cm³/mol. The Balaban J connectivity index is 1.82. The number of fused-ring (bicyclic) bond motifs is 1. The van der Waals surface area contributed by atoms with Crippen LogP contribution >= 0.6 is 0 Å². The number of nitrogens with zero attached hydrogens (tertiary/aromatic N) is 2. The number of nitriles is 1. The molecule has 3 rings (SSSR count). The van der Waals surface area contributed by atoms with Gasteiger partial charge in [-0.25, -0.2) is 4.39 Å². The lowest BCUT2D eigenvalue weighted by Crippen LogP contribution is -2.34. The Hall–Kier alpha value is -2.87. The normalized spacial score (nSPS) is 13.4. The Bertz CT molecular complexity index is 811. The number of amides is 1. The highest BCUT2D eigenvalue weighted by atomic mass is 19.1. The van der Waals surface area contributed by atoms with Crippen LogP contribution in [-0.2, 0) is 13.0 Å². The summed E-state index contributed by atoms with van der Waals surface area (Å²) >= 11 is 0. The molecule has 1 aliphatic rings. The highest BCUT2D eigenvalue weighted by Gasteiger charge is 2.24. The first kappa shape index (κ1) is 15.0. The van der Waals surface area contributed by atoms with Crippen molar-refractivity contribution < 1.29 is 13.9 Å². The van der Waals surface area contributed by atoms with E-state index in [0.29, 0.717) is 23.4 Å². The van der Waals surface area contributed by atoms with E-state index in [4.69, 9.17) is 10.00 Å². The summed E-state index contributed by atoms with van der Waals surface area (Å²) in [5, 5.41) is 8.87. The number of carbonyl (C=O) groups is 1. The van der Waals surface area contributed by atoms with Gasteiger partial charge in [0, 0.05) is 24.7 Å². The standard InChI is InChI=1S/C18H15FN2O2/c1-21-8-7-14-15(18(21)22)3-2-4-17(14)23-11-12-5-6-16(19)13(9-12)10-20/h2-6,9H,7-8,11H2,1H3. The molecule has 1 aliphatic heterocycles. The molecule has 0 saturated heterocycles. The molecule has 5 heteroatoms. The number of hydrogen-bond acceptors (Lipinski definition) is 3. The van der Waals surface area contributed by atoms with E-state index in [1.165, 1.54) is 12.1 Å². The number of benzene rings is 2. The van der Waals surface area contributed by atoms with Gasteiger partial charge in [-0.3, -0.25) is 4.79 Å². The lowest BCUT2D eigenvalue weighted by Gasteiger charge is -2.26. The maximum Gasteiger partial charge on any atom is 0.254 e. The summed E-state index contributed by atoms with van der Waals surface area (Å²) in [6, 6.07) is 11.5. The third kappa shape index (κ3) is 2.88. The lowest BCUT2D eigenvalue weighted by atomic mass is 9.98. The number of hydrogen-bond donors (Lipinski definition) is 0. The van der Waals surface area contributed by atoms with Gasteiger partial charge in [0.25, 0.3) is 5.91 Å². The van der Waals surface area contributed by atoms with E-state index < -0.39 is 5.82 Å². The zero-order chi connectivity index (χ0) is 16.4. The van der Waals surface area contributed by atoms with Crippen molar-refractivity contribution in [3.8, 4) is 11.8 Å². The second-order valence-corrected chi connectivity index (χ2v) is 5.47. The van der Waals surface area contributed by atoms with E-state index in [9.17, 15) is 9.18 Å². The molecule has 23 heavy (non-hydrogen) atoms. The molecule has 1 heterocycles. The molecule has 0 unspecified atom stereocenters. The minimum Gasteiger partial charge on any atom is -0.489 e. The van der Waals surface area contributed by atoms with Gasteiger partial charge in [0.2, 0.25) is 0 Å². The van der Waals surface area contributed by atoms with Crippen LogP contribution in [-0.4, -0.2) is 24.4 Å². The third-order valence-electron chi connectivity index (χ3n) is 3.95. The molecule has 0 radical (unpaired) electrons. The highest BCUT2D eigenvalue weighted by Crippen LogP contribution is 2.28. The van der Waals surface area contributed by atoms with Gasteiger partial charge in [0.1, 0.15) is 24.2 Å². The predicted octanol–water partition coefficient (Wildman–Crippen LogP) is 2.90. The van der Waals surface area contributed by atoms with Gasteiger partial charge < -0.3 is 9.64 Å². The molecular formula is C18H15FN2O2. The number of halogens is 1. The molecule has 0 fully saturated rings. The second-order valence-electron chi connectivity index (χ2n) is 5.47. The molecule has 1 amide bonds. The molecule has 0 saturated carbocycles. The van der Waals surface area contributed by atoms with Crippen LogP contribution in [0.3, 0.4) is 0 Å². The van der Waals surface area contributed by atoms with Crippen molar-refractivity contribution in [1.82, 2.24) is 4.90 Å². The second kappa shape index (κ2) is 6.09. The van der Waals surface area contributed by atoms with Crippen molar-refractivity contribution >= 4 is 5.91 Å². The topological polar surface area (TPSA) is 53.3 Å². The zero-order valence-electron chi connectivity index (χ0n) is 12.7. The SMILES string of the molecule is CN1CCc2c(OCc3ccc(F)c(C#N)c3)cccc2C1=O. The van der Waals surface area contributed by atoms with Crippen molar-refractivity contribution in [2.75, 3.05) is 13.6 Å². The van der Waals surface area contributed by atoms with Crippen LogP contribution in [0.1, 0.15) is 27.0 Å². The van der Waals surface area contributed by atoms with Gasteiger partial charge in [-0.1, -0.05) is 12.1 Å². The molecule has 0 aromatic heterocycles. The van der Waals surface area contributed by atoms with Crippen LogP contribution in [0, 0.1) is 17.1 Å². The minimum absolute atomic E-state index is 0.00186. The molecule has 116 valence electrons. The third-order valence-corrected chi connectivity index (χ3v) is 3.95. The molecule has 0 bridgehead atoms. The summed E-state index contributed by atoms with van der Waals surface area (Å²) in [6.45, 7) is 0.872. The molecule has 4 nitrogen and oxygen atoms in total. The Labute approximate surface area is 133 Å². The Morgan fingerprint density at radius 3 is 2.96 bits per heavy atom. The van der Waals surface area contributed by atoms with Gasteiger partial charge in [0.05, 0.1) is 5.56 Å². The van der Waals surface area contributed by atoms with Gasteiger partial charge in [-0.15, -0.1) is 0 Å². The van der Waals surface area contributed by atoms with Crippen molar-refractivity contribution in [3.05, 3.63) is 64.5 Å². The van der Waals surface area contributed by atoms with E-state index in [0.717, 1.165) is 12.0 Å². The highest BCUT2D eigenvalue weighted by molar-refractivity contribution is 5.97. The summed E-state index contributed by atoms with van der Waals surface area (Å²) in [5.41, 5.74) is 2.27. The monoisotopic (exact) mass is 310 g/mol. The average Bonchev–Trinajstić information content (AvgIpc) is 2.57.